The van der Waals surface area contributed by atoms with Crippen LogP contribution < -0.4 is 0 Å². The molecule has 0 aliphatic heterocycles. The molecule has 5 heteroatoms. The highest BCUT2D eigenvalue weighted by Crippen LogP contribution is 2.36. The molecule has 0 saturated heterocycles. The first kappa shape index (κ1) is 9.84. The van der Waals surface area contributed by atoms with E-state index in [1.165, 1.54) is 25.6 Å². The summed E-state index contributed by atoms with van der Waals surface area (Å²) in [5.41, 5.74) is 0.976. The van der Waals surface area contributed by atoms with Crippen LogP contribution >= 0.6 is 34.2 Å². The van der Waals surface area contributed by atoms with Gasteiger partial charge in [-0.2, -0.15) is 0 Å². The van der Waals surface area contributed by atoms with Crippen molar-refractivity contribution < 1.29 is 0 Å². The van der Waals surface area contributed by atoms with E-state index in [1.807, 2.05) is 0 Å². The quantitative estimate of drug-likeness (QED) is 0.591. The molecule has 0 spiro atoms. The van der Waals surface area contributed by atoms with Gasteiger partial charge < -0.3 is 4.57 Å². The van der Waals surface area contributed by atoms with Gasteiger partial charge in [0, 0.05) is 15.8 Å². The Kier molecular flexibility index (Phi) is 2.35. The molecule has 2 heterocycles. The number of halogens is 2. The second-order valence-electron chi connectivity index (χ2n) is 3.83. The Balaban J connectivity index is 2.27. The molecule has 1 saturated carbocycles. The first-order valence-corrected chi connectivity index (χ1v) is 6.39. The molecule has 1 aliphatic carbocycles. The number of rotatable bonds is 1. The topological polar surface area (TPSA) is 30.7 Å². The van der Waals surface area contributed by atoms with Gasteiger partial charge in [0.2, 0.25) is 0 Å². The van der Waals surface area contributed by atoms with Crippen LogP contribution in [0.4, 0.5) is 0 Å². The summed E-state index contributed by atoms with van der Waals surface area (Å²) in [4.78, 5) is 8.35. The molecule has 2 aromatic rings. The minimum atomic E-state index is 0.558. The summed E-state index contributed by atoms with van der Waals surface area (Å²) in [6.07, 6.45) is 7.49. The van der Waals surface area contributed by atoms with Crippen LogP contribution in [0.15, 0.2) is 12.5 Å². The fraction of sp³-hybridized carbons (Fsp3) is 0.400. The normalized spacial score (nSPS) is 16.9. The van der Waals surface area contributed by atoms with Gasteiger partial charge in [-0.05, 0) is 41.9 Å². The molecule has 1 aliphatic rings. The van der Waals surface area contributed by atoms with Crippen LogP contribution in [0.1, 0.15) is 25.3 Å². The third-order valence-electron chi connectivity index (χ3n) is 2.98. The van der Waals surface area contributed by atoms with Crippen molar-refractivity contribution in [1.82, 2.24) is 14.5 Å². The Morgan fingerprint density at radius 3 is 2.87 bits per heavy atom. The zero-order valence-corrected chi connectivity index (χ0v) is 10.9. The minimum Gasteiger partial charge on any atom is -0.328 e. The van der Waals surface area contributed by atoms with Crippen molar-refractivity contribution in [2.24, 2.45) is 0 Å². The number of fused-ring (bicyclic) bond motifs is 1. The van der Waals surface area contributed by atoms with Crippen LogP contribution in [0.5, 0.6) is 0 Å². The van der Waals surface area contributed by atoms with Gasteiger partial charge in [0.25, 0.3) is 0 Å². The second kappa shape index (κ2) is 3.59. The Labute approximate surface area is 106 Å². The standard InChI is InChI=1S/C10H9ClIN3/c11-9-8-7(12)4-15(6-2-1-3-6)10(8)14-5-13-9/h4-6H,1-3H2. The minimum absolute atomic E-state index is 0.558. The highest BCUT2D eigenvalue weighted by molar-refractivity contribution is 14.1. The molecule has 0 aromatic carbocycles. The van der Waals surface area contributed by atoms with E-state index in [2.05, 4.69) is 43.3 Å². The van der Waals surface area contributed by atoms with E-state index in [0.717, 1.165) is 14.6 Å². The van der Waals surface area contributed by atoms with Crippen molar-refractivity contribution in [3.8, 4) is 0 Å². The molecule has 1 fully saturated rings. The average molecular weight is 334 g/mol. The molecule has 15 heavy (non-hydrogen) atoms. The van der Waals surface area contributed by atoms with Gasteiger partial charge in [-0.3, -0.25) is 0 Å². The molecule has 78 valence electrons. The van der Waals surface area contributed by atoms with E-state index < -0.39 is 0 Å². The monoisotopic (exact) mass is 333 g/mol. The summed E-state index contributed by atoms with van der Waals surface area (Å²) >= 11 is 8.37. The van der Waals surface area contributed by atoms with E-state index in [0.29, 0.717) is 11.2 Å². The maximum Gasteiger partial charge on any atom is 0.146 e. The van der Waals surface area contributed by atoms with Gasteiger partial charge in [0.05, 0.1) is 5.39 Å². The number of hydrogen-bond donors (Lipinski definition) is 0. The molecule has 0 radical (unpaired) electrons. The van der Waals surface area contributed by atoms with Crippen molar-refractivity contribution in [2.45, 2.75) is 25.3 Å². The lowest BCUT2D eigenvalue weighted by molar-refractivity contribution is 0.320. The summed E-state index contributed by atoms with van der Waals surface area (Å²) in [5, 5.41) is 1.55. The summed E-state index contributed by atoms with van der Waals surface area (Å²) < 4.78 is 3.38. The maximum atomic E-state index is 6.07. The molecule has 3 rings (SSSR count). The van der Waals surface area contributed by atoms with Crippen molar-refractivity contribution >= 4 is 45.2 Å². The van der Waals surface area contributed by atoms with Crippen LogP contribution in [-0.2, 0) is 0 Å². The first-order valence-electron chi connectivity index (χ1n) is 4.94. The van der Waals surface area contributed by atoms with Gasteiger partial charge in [0.1, 0.15) is 17.1 Å². The first-order chi connectivity index (χ1) is 7.27. The summed E-state index contributed by atoms with van der Waals surface area (Å²) in [5.74, 6) is 0. The van der Waals surface area contributed by atoms with E-state index in [-0.39, 0.29) is 0 Å². The zero-order valence-electron chi connectivity index (χ0n) is 7.95. The Hall–Kier alpha value is -0.360. The van der Waals surface area contributed by atoms with E-state index >= 15 is 0 Å². The van der Waals surface area contributed by atoms with Crippen molar-refractivity contribution in [2.75, 3.05) is 0 Å². The van der Waals surface area contributed by atoms with Gasteiger partial charge in [-0.25, -0.2) is 9.97 Å². The van der Waals surface area contributed by atoms with Crippen molar-refractivity contribution in [1.29, 1.82) is 0 Å². The van der Waals surface area contributed by atoms with Gasteiger partial charge in [0.15, 0.2) is 0 Å². The number of nitrogens with zero attached hydrogens (tertiary/aromatic N) is 3. The lowest BCUT2D eigenvalue weighted by atomic mass is 9.93. The van der Waals surface area contributed by atoms with Crippen LogP contribution in [-0.4, -0.2) is 14.5 Å². The Bertz CT molecular complexity index is 519. The average Bonchev–Trinajstić information content (AvgIpc) is 2.43. The second-order valence-corrected chi connectivity index (χ2v) is 5.35. The van der Waals surface area contributed by atoms with Crippen LogP contribution in [0.2, 0.25) is 5.15 Å². The van der Waals surface area contributed by atoms with Crippen LogP contribution in [0.25, 0.3) is 11.0 Å². The summed E-state index contributed by atoms with van der Waals surface area (Å²) in [6, 6.07) is 0.613. The van der Waals surface area contributed by atoms with Crippen LogP contribution in [0, 0.1) is 3.57 Å². The van der Waals surface area contributed by atoms with Gasteiger partial charge in [-0.15, -0.1) is 0 Å². The molecule has 2 aromatic heterocycles. The fourth-order valence-electron chi connectivity index (χ4n) is 1.95. The fourth-order valence-corrected chi connectivity index (χ4v) is 3.13. The Morgan fingerprint density at radius 1 is 1.40 bits per heavy atom. The predicted molar refractivity (Wildman–Crippen MR) is 68.1 cm³/mol. The highest BCUT2D eigenvalue weighted by Gasteiger charge is 2.23. The molecular formula is C10H9ClIN3. The molecule has 0 unspecified atom stereocenters. The number of hydrogen-bond acceptors (Lipinski definition) is 2. The molecule has 0 amide bonds. The highest BCUT2D eigenvalue weighted by atomic mass is 127. The molecule has 0 N–H and O–H groups in total. The third-order valence-corrected chi connectivity index (χ3v) is 4.09. The van der Waals surface area contributed by atoms with Crippen molar-refractivity contribution in [3.05, 3.63) is 21.2 Å². The Morgan fingerprint density at radius 2 is 2.20 bits per heavy atom. The van der Waals surface area contributed by atoms with Crippen molar-refractivity contribution in [3.63, 3.8) is 0 Å². The summed E-state index contributed by atoms with van der Waals surface area (Å²) in [7, 11) is 0. The SMILES string of the molecule is Clc1ncnc2c1c(I)cn2C1CCC1. The molecule has 0 atom stereocenters. The third kappa shape index (κ3) is 1.45. The van der Waals surface area contributed by atoms with Gasteiger partial charge in [-0.1, -0.05) is 11.6 Å². The largest absolute Gasteiger partial charge is 0.328 e. The van der Waals surface area contributed by atoms with E-state index in [1.54, 1.807) is 0 Å². The lowest BCUT2D eigenvalue weighted by Crippen LogP contribution is -2.16. The zero-order chi connectivity index (χ0) is 10.4. The van der Waals surface area contributed by atoms with Gasteiger partial charge >= 0.3 is 0 Å². The van der Waals surface area contributed by atoms with E-state index in [4.69, 9.17) is 11.6 Å². The van der Waals surface area contributed by atoms with Crippen LogP contribution in [0.3, 0.4) is 0 Å². The maximum absolute atomic E-state index is 6.07. The smallest absolute Gasteiger partial charge is 0.146 e. The lowest BCUT2D eigenvalue weighted by Gasteiger charge is -2.27. The molecule has 3 nitrogen and oxygen atoms in total. The molecule has 0 bridgehead atoms. The molecular weight excluding hydrogens is 324 g/mol. The van der Waals surface area contributed by atoms with E-state index in [9.17, 15) is 0 Å². The number of aromatic nitrogens is 3. The predicted octanol–water partition coefficient (Wildman–Crippen LogP) is 3.41. The summed E-state index contributed by atoms with van der Waals surface area (Å²) in [6.45, 7) is 0.